The Bertz CT molecular complexity index is 958. The molecule has 0 amide bonds. The van der Waals surface area contributed by atoms with Crippen molar-refractivity contribution < 1.29 is 23.4 Å². The molecule has 0 radical (unpaired) electrons. The third-order valence-corrected chi connectivity index (χ3v) is 5.00. The van der Waals surface area contributed by atoms with Crippen LogP contribution < -0.4 is 4.74 Å². The number of rotatable bonds is 2. The second-order valence-electron chi connectivity index (χ2n) is 6.85. The Hall–Kier alpha value is -2.91. The summed E-state index contributed by atoms with van der Waals surface area (Å²) >= 11 is 0. The maximum absolute atomic E-state index is 13.6. The lowest BCUT2D eigenvalue weighted by Gasteiger charge is -2.43. The first-order valence-corrected chi connectivity index (χ1v) is 8.69. The van der Waals surface area contributed by atoms with E-state index in [1.54, 1.807) is 6.07 Å². The number of nitrogens with zero attached hydrogens (tertiary/aromatic N) is 1. The average molecular weight is 369 g/mol. The molecule has 4 nitrogen and oxygen atoms in total. The minimum absolute atomic E-state index is 0.0134. The summed E-state index contributed by atoms with van der Waals surface area (Å²) in [5.74, 6) is 4.10. The molecule has 1 N–H and O–H groups in total. The standard InChI is InChI=1S/C21H17F2NO3/c22-17-5-6-19(23)14(8-17)3-1-13-2-4-15-9-18(12-27-20(15)7-13)24-10-16(11-24)21(25)26/h2,4-8,16,18H,9-12H2,(H,25,26). The largest absolute Gasteiger partial charge is 0.492 e. The highest BCUT2D eigenvalue weighted by atomic mass is 19.1. The van der Waals surface area contributed by atoms with Gasteiger partial charge in [0.15, 0.2) is 0 Å². The van der Waals surface area contributed by atoms with Crippen LogP contribution in [-0.2, 0) is 11.2 Å². The van der Waals surface area contributed by atoms with Gasteiger partial charge in [-0.05, 0) is 42.3 Å². The Morgan fingerprint density at radius 1 is 1.15 bits per heavy atom. The molecule has 2 aromatic carbocycles. The van der Waals surface area contributed by atoms with Gasteiger partial charge in [-0.1, -0.05) is 17.9 Å². The zero-order valence-electron chi connectivity index (χ0n) is 14.4. The van der Waals surface area contributed by atoms with Gasteiger partial charge < -0.3 is 9.84 Å². The van der Waals surface area contributed by atoms with Crippen LogP contribution in [0.4, 0.5) is 8.78 Å². The van der Waals surface area contributed by atoms with Crippen molar-refractivity contribution in [3.63, 3.8) is 0 Å². The Kier molecular flexibility index (Phi) is 4.54. The SMILES string of the molecule is O=C(O)C1CN(C2COc3cc(C#Cc4cc(F)ccc4F)ccc3C2)C1. The van der Waals surface area contributed by atoms with Crippen LogP contribution in [0.25, 0.3) is 0 Å². The van der Waals surface area contributed by atoms with Gasteiger partial charge in [0.05, 0.1) is 11.5 Å². The van der Waals surface area contributed by atoms with E-state index in [4.69, 9.17) is 9.84 Å². The molecule has 27 heavy (non-hydrogen) atoms. The van der Waals surface area contributed by atoms with E-state index in [0.717, 1.165) is 35.9 Å². The molecular formula is C21H17F2NO3. The smallest absolute Gasteiger partial charge is 0.309 e. The first-order chi connectivity index (χ1) is 13.0. The zero-order chi connectivity index (χ0) is 19.0. The highest BCUT2D eigenvalue weighted by Crippen LogP contribution is 2.30. The minimum atomic E-state index is -0.749. The minimum Gasteiger partial charge on any atom is -0.492 e. The van der Waals surface area contributed by atoms with Gasteiger partial charge in [0.2, 0.25) is 0 Å². The number of fused-ring (bicyclic) bond motifs is 1. The van der Waals surface area contributed by atoms with Gasteiger partial charge in [-0.25, -0.2) is 8.78 Å². The molecule has 138 valence electrons. The summed E-state index contributed by atoms with van der Waals surface area (Å²) in [6.45, 7) is 1.61. The molecule has 0 aromatic heterocycles. The number of aliphatic carboxylic acids is 1. The summed E-state index contributed by atoms with van der Waals surface area (Å²) in [7, 11) is 0. The molecular weight excluding hydrogens is 352 g/mol. The van der Waals surface area contributed by atoms with Crippen LogP contribution >= 0.6 is 0 Å². The molecule has 1 unspecified atom stereocenters. The summed E-state index contributed by atoms with van der Waals surface area (Å²) < 4.78 is 32.7. The first-order valence-electron chi connectivity index (χ1n) is 8.69. The van der Waals surface area contributed by atoms with Crippen molar-refractivity contribution in [1.82, 2.24) is 4.90 Å². The van der Waals surface area contributed by atoms with Crippen LogP contribution in [0.5, 0.6) is 5.75 Å². The topological polar surface area (TPSA) is 49.8 Å². The number of carboxylic acid groups (broad SMARTS) is 1. The van der Waals surface area contributed by atoms with E-state index in [2.05, 4.69) is 16.7 Å². The molecule has 2 heterocycles. The van der Waals surface area contributed by atoms with Gasteiger partial charge in [0, 0.05) is 24.7 Å². The fourth-order valence-corrected chi connectivity index (χ4v) is 3.37. The third kappa shape index (κ3) is 3.64. The molecule has 0 saturated carbocycles. The van der Waals surface area contributed by atoms with Crippen molar-refractivity contribution in [2.24, 2.45) is 5.92 Å². The quantitative estimate of drug-likeness (QED) is 0.827. The molecule has 0 bridgehead atoms. The van der Waals surface area contributed by atoms with E-state index in [1.165, 1.54) is 0 Å². The number of halogens is 2. The number of benzene rings is 2. The van der Waals surface area contributed by atoms with Crippen LogP contribution in [0.2, 0.25) is 0 Å². The lowest BCUT2D eigenvalue weighted by Crippen LogP contribution is -2.57. The third-order valence-electron chi connectivity index (χ3n) is 5.00. The summed E-state index contributed by atoms with van der Waals surface area (Å²) in [5.41, 5.74) is 1.71. The molecule has 0 aliphatic carbocycles. The molecule has 1 saturated heterocycles. The number of ether oxygens (including phenoxy) is 1. The fraction of sp³-hybridized carbons (Fsp3) is 0.286. The van der Waals surface area contributed by atoms with Crippen LogP contribution in [0.15, 0.2) is 36.4 Å². The van der Waals surface area contributed by atoms with E-state index in [-0.39, 0.29) is 17.5 Å². The molecule has 1 atom stereocenters. The van der Waals surface area contributed by atoms with Crippen LogP contribution in [-0.4, -0.2) is 41.7 Å². The van der Waals surface area contributed by atoms with Crippen LogP contribution in [0.1, 0.15) is 16.7 Å². The maximum Gasteiger partial charge on any atom is 0.309 e. The van der Waals surface area contributed by atoms with E-state index in [1.807, 2.05) is 12.1 Å². The van der Waals surface area contributed by atoms with Gasteiger partial charge >= 0.3 is 5.97 Å². The van der Waals surface area contributed by atoms with Gasteiger partial charge in [0.1, 0.15) is 24.0 Å². The number of hydrogen-bond acceptors (Lipinski definition) is 3. The van der Waals surface area contributed by atoms with E-state index >= 15 is 0 Å². The summed E-state index contributed by atoms with van der Waals surface area (Å²) in [6, 6.07) is 8.89. The second-order valence-corrected chi connectivity index (χ2v) is 6.85. The van der Waals surface area contributed by atoms with Gasteiger partial charge in [-0.15, -0.1) is 0 Å². The lowest BCUT2D eigenvalue weighted by molar-refractivity contribution is -0.149. The van der Waals surface area contributed by atoms with Crippen molar-refractivity contribution in [2.75, 3.05) is 19.7 Å². The highest BCUT2D eigenvalue weighted by Gasteiger charge is 2.38. The molecule has 2 aromatic rings. The fourth-order valence-electron chi connectivity index (χ4n) is 3.37. The normalized spacial score (nSPS) is 19.3. The van der Waals surface area contributed by atoms with Crippen molar-refractivity contribution in [1.29, 1.82) is 0 Å². The van der Waals surface area contributed by atoms with Gasteiger partial charge in [-0.3, -0.25) is 9.69 Å². The second kappa shape index (κ2) is 7.01. The first kappa shape index (κ1) is 17.5. The number of likely N-dealkylation sites (tertiary alicyclic amines) is 1. The lowest BCUT2D eigenvalue weighted by atomic mass is 9.93. The summed E-state index contributed by atoms with van der Waals surface area (Å²) in [5, 5.41) is 8.99. The number of hydrogen-bond donors (Lipinski definition) is 1. The maximum atomic E-state index is 13.6. The highest BCUT2D eigenvalue weighted by molar-refractivity contribution is 5.71. The molecule has 0 spiro atoms. The predicted octanol–water partition coefficient (Wildman–Crippen LogP) is 2.68. The Labute approximate surface area is 155 Å². The van der Waals surface area contributed by atoms with Crippen molar-refractivity contribution >= 4 is 5.97 Å². The van der Waals surface area contributed by atoms with E-state index in [9.17, 15) is 13.6 Å². The molecule has 2 aliphatic heterocycles. The van der Waals surface area contributed by atoms with Crippen LogP contribution in [0, 0.1) is 29.4 Å². The van der Waals surface area contributed by atoms with Gasteiger partial charge in [0.25, 0.3) is 0 Å². The Morgan fingerprint density at radius 3 is 2.74 bits per heavy atom. The van der Waals surface area contributed by atoms with Gasteiger partial charge in [-0.2, -0.15) is 0 Å². The number of carbonyl (C=O) groups is 1. The average Bonchev–Trinajstić information content (AvgIpc) is 2.61. The summed E-state index contributed by atoms with van der Waals surface area (Å²) in [6.07, 6.45) is 0.786. The van der Waals surface area contributed by atoms with Crippen molar-refractivity contribution in [3.05, 3.63) is 64.7 Å². The van der Waals surface area contributed by atoms with Crippen LogP contribution in [0.3, 0.4) is 0 Å². The molecule has 1 fully saturated rings. The predicted molar refractivity (Wildman–Crippen MR) is 94.5 cm³/mol. The molecule has 6 heteroatoms. The Balaban J connectivity index is 1.46. The zero-order valence-corrected chi connectivity index (χ0v) is 14.4. The Morgan fingerprint density at radius 2 is 1.96 bits per heavy atom. The van der Waals surface area contributed by atoms with E-state index in [0.29, 0.717) is 25.3 Å². The van der Waals surface area contributed by atoms with Crippen molar-refractivity contribution in [2.45, 2.75) is 12.5 Å². The van der Waals surface area contributed by atoms with E-state index < -0.39 is 17.6 Å². The summed E-state index contributed by atoms with van der Waals surface area (Å²) in [4.78, 5) is 13.1. The number of carboxylic acids is 1. The molecule has 2 aliphatic rings. The monoisotopic (exact) mass is 369 g/mol. The van der Waals surface area contributed by atoms with Crippen molar-refractivity contribution in [3.8, 4) is 17.6 Å². The molecule has 4 rings (SSSR count).